The van der Waals surface area contributed by atoms with E-state index in [-0.39, 0.29) is 24.5 Å². The lowest BCUT2D eigenvalue weighted by molar-refractivity contribution is -0.154. The van der Waals surface area contributed by atoms with Gasteiger partial charge in [-0.3, -0.25) is 9.78 Å². The van der Waals surface area contributed by atoms with E-state index in [1.165, 1.54) is 6.20 Å². The second-order valence-electron chi connectivity index (χ2n) is 7.61. The van der Waals surface area contributed by atoms with E-state index in [0.717, 1.165) is 0 Å². The summed E-state index contributed by atoms with van der Waals surface area (Å²) in [5, 5.41) is 9.23. The first-order valence-corrected chi connectivity index (χ1v) is 8.56. The Balaban J connectivity index is 1.66. The molecular formula is C18H19F2N3O2. The van der Waals surface area contributed by atoms with Gasteiger partial charge in [0.25, 0.3) is 0 Å². The van der Waals surface area contributed by atoms with Gasteiger partial charge in [-0.15, -0.1) is 0 Å². The van der Waals surface area contributed by atoms with Gasteiger partial charge < -0.3 is 9.64 Å². The van der Waals surface area contributed by atoms with Gasteiger partial charge in [0, 0.05) is 37.2 Å². The number of alkyl halides is 2. The minimum atomic E-state index is -2.79. The molecule has 0 N–H and O–H groups in total. The van der Waals surface area contributed by atoms with Crippen LogP contribution in [-0.2, 0) is 4.79 Å². The molecule has 1 amide bonds. The smallest absolute Gasteiger partial charge is 0.249 e. The highest BCUT2D eigenvalue weighted by molar-refractivity contribution is 5.83. The quantitative estimate of drug-likeness (QED) is 0.782. The fourth-order valence-electron chi connectivity index (χ4n) is 4.50. The normalized spacial score (nSPS) is 32.5. The third kappa shape index (κ3) is 2.55. The number of nitrogens with zero attached hydrogens (tertiary/aromatic N) is 3. The molecule has 0 radical (unpaired) electrons. The van der Waals surface area contributed by atoms with Gasteiger partial charge in [0.05, 0.1) is 18.0 Å². The van der Waals surface area contributed by atoms with Gasteiger partial charge in [-0.25, -0.2) is 8.78 Å². The molecule has 2 aliphatic heterocycles. The first kappa shape index (κ1) is 16.2. The van der Waals surface area contributed by atoms with E-state index in [4.69, 9.17) is 4.74 Å². The number of aromatic nitrogens is 1. The summed E-state index contributed by atoms with van der Waals surface area (Å²) < 4.78 is 33.7. The number of pyridine rings is 1. The fraction of sp³-hybridized carbons (Fsp3) is 0.611. The van der Waals surface area contributed by atoms with Gasteiger partial charge in [-0.2, -0.15) is 5.26 Å². The van der Waals surface area contributed by atoms with Crippen LogP contribution in [0.3, 0.4) is 0 Å². The SMILES string of the molecule is CC1(C(=O)N2C[C@@H]3C[C@H]2c2cncc(C#N)c2O3)CCCC(F)(F)C1. The number of amides is 1. The molecule has 7 heteroatoms. The molecule has 1 aromatic rings. The predicted molar refractivity (Wildman–Crippen MR) is 84.0 cm³/mol. The van der Waals surface area contributed by atoms with Crippen molar-refractivity contribution in [2.45, 2.75) is 57.1 Å². The van der Waals surface area contributed by atoms with Crippen LogP contribution < -0.4 is 4.74 Å². The second-order valence-corrected chi connectivity index (χ2v) is 7.61. The molecule has 2 fully saturated rings. The fourth-order valence-corrected chi connectivity index (χ4v) is 4.50. The van der Waals surface area contributed by atoms with E-state index < -0.39 is 17.8 Å². The maximum Gasteiger partial charge on any atom is 0.249 e. The van der Waals surface area contributed by atoms with Gasteiger partial charge in [0.15, 0.2) is 0 Å². The Morgan fingerprint density at radius 3 is 2.96 bits per heavy atom. The lowest BCUT2D eigenvalue weighted by atomic mass is 9.72. The van der Waals surface area contributed by atoms with Crippen LogP contribution >= 0.6 is 0 Å². The second kappa shape index (κ2) is 5.38. The number of fused-ring (bicyclic) bond motifs is 4. The Morgan fingerprint density at radius 2 is 2.24 bits per heavy atom. The molecule has 2 bridgehead atoms. The van der Waals surface area contributed by atoms with Crippen molar-refractivity contribution in [3.05, 3.63) is 23.5 Å². The van der Waals surface area contributed by atoms with Crippen LogP contribution in [-0.4, -0.2) is 34.4 Å². The third-order valence-corrected chi connectivity index (χ3v) is 5.65. The zero-order valence-corrected chi connectivity index (χ0v) is 14.0. The van der Waals surface area contributed by atoms with Crippen molar-refractivity contribution in [2.24, 2.45) is 5.41 Å². The van der Waals surface area contributed by atoms with Gasteiger partial charge in [-0.05, 0) is 12.8 Å². The molecular weight excluding hydrogens is 328 g/mol. The van der Waals surface area contributed by atoms with Crippen molar-refractivity contribution in [1.82, 2.24) is 9.88 Å². The Kier molecular flexibility index (Phi) is 3.50. The minimum absolute atomic E-state index is 0.149. The molecule has 1 saturated carbocycles. The van der Waals surface area contributed by atoms with E-state index >= 15 is 0 Å². The van der Waals surface area contributed by atoms with Gasteiger partial charge in [0.2, 0.25) is 11.8 Å². The third-order valence-electron chi connectivity index (χ3n) is 5.65. The Morgan fingerprint density at radius 1 is 1.44 bits per heavy atom. The van der Waals surface area contributed by atoms with Crippen LogP contribution in [0.25, 0.3) is 0 Å². The van der Waals surface area contributed by atoms with Crippen LogP contribution in [0.5, 0.6) is 5.75 Å². The van der Waals surface area contributed by atoms with Crippen LogP contribution in [0.2, 0.25) is 0 Å². The first-order valence-electron chi connectivity index (χ1n) is 8.56. The number of nitriles is 1. The lowest BCUT2D eigenvalue weighted by Gasteiger charge is -2.40. The molecule has 3 heterocycles. The lowest BCUT2D eigenvalue weighted by Crippen LogP contribution is -2.47. The van der Waals surface area contributed by atoms with Gasteiger partial charge in [-0.1, -0.05) is 6.92 Å². The average Bonchev–Trinajstić information content (AvgIpc) is 2.90. The molecule has 25 heavy (non-hydrogen) atoms. The minimum Gasteiger partial charge on any atom is -0.487 e. The summed E-state index contributed by atoms with van der Waals surface area (Å²) in [6.45, 7) is 2.01. The first-order chi connectivity index (χ1) is 11.8. The molecule has 5 nitrogen and oxygen atoms in total. The van der Waals surface area contributed by atoms with Crippen molar-refractivity contribution in [3.8, 4) is 11.8 Å². The summed E-state index contributed by atoms with van der Waals surface area (Å²) >= 11 is 0. The van der Waals surface area contributed by atoms with Crippen molar-refractivity contribution in [2.75, 3.05) is 6.54 Å². The monoisotopic (exact) mass is 347 g/mol. The molecule has 4 rings (SSSR count). The molecule has 132 valence electrons. The van der Waals surface area contributed by atoms with Crippen LogP contribution in [0.4, 0.5) is 8.78 Å². The molecule has 3 atom stereocenters. The molecule has 0 spiro atoms. The van der Waals surface area contributed by atoms with Crippen LogP contribution in [0, 0.1) is 16.7 Å². The number of carbonyl (C=O) groups excluding carboxylic acids is 1. The number of carbonyl (C=O) groups is 1. The summed E-state index contributed by atoms with van der Waals surface area (Å²) in [6.07, 6.45) is 3.73. The highest BCUT2D eigenvalue weighted by atomic mass is 19.3. The highest BCUT2D eigenvalue weighted by Crippen LogP contribution is 2.50. The topological polar surface area (TPSA) is 66.2 Å². The summed E-state index contributed by atoms with van der Waals surface area (Å²) in [4.78, 5) is 18.9. The molecule has 1 aromatic heterocycles. The van der Waals surface area contributed by atoms with Crippen molar-refractivity contribution >= 4 is 5.91 Å². The number of halogens is 2. The van der Waals surface area contributed by atoms with Crippen molar-refractivity contribution in [3.63, 3.8) is 0 Å². The number of hydrogen-bond acceptors (Lipinski definition) is 4. The summed E-state index contributed by atoms with van der Waals surface area (Å²) in [5.41, 5.74) is -0.0103. The Hall–Kier alpha value is -2.23. The van der Waals surface area contributed by atoms with Gasteiger partial charge in [0.1, 0.15) is 23.5 Å². The largest absolute Gasteiger partial charge is 0.487 e. The van der Waals surface area contributed by atoms with E-state index in [0.29, 0.717) is 42.7 Å². The summed E-state index contributed by atoms with van der Waals surface area (Å²) in [6, 6.07) is 1.80. The standard InChI is InChI=1S/C18H19F2N3O2/c1-17(3-2-4-18(19,20)10-17)16(24)23-9-12-5-14(23)13-8-22-7-11(6-21)15(13)25-12/h7-8,12,14H,2-5,9-10H2,1H3/t12-,14-,17?/m0/s1. The summed E-state index contributed by atoms with van der Waals surface area (Å²) in [5.74, 6) is -2.55. The number of rotatable bonds is 1. The van der Waals surface area contributed by atoms with Crippen LogP contribution in [0.15, 0.2) is 12.4 Å². The highest BCUT2D eigenvalue weighted by Gasteiger charge is 2.52. The average molecular weight is 347 g/mol. The van der Waals surface area contributed by atoms with E-state index in [1.807, 2.05) is 0 Å². The zero-order chi connectivity index (χ0) is 17.8. The molecule has 1 unspecified atom stereocenters. The van der Waals surface area contributed by atoms with E-state index in [2.05, 4.69) is 11.1 Å². The predicted octanol–water partition coefficient (Wildman–Crippen LogP) is 3.20. The molecule has 0 aromatic carbocycles. The maximum atomic E-state index is 13.9. The Bertz CT molecular complexity index is 776. The van der Waals surface area contributed by atoms with E-state index in [9.17, 15) is 18.8 Å². The molecule has 1 aliphatic carbocycles. The number of hydrogen-bond donors (Lipinski definition) is 0. The molecule has 3 aliphatic rings. The molecule has 1 saturated heterocycles. The summed E-state index contributed by atoms with van der Waals surface area (Å²) in [7, 11) is 0. The zero-order valence-electron chi connectivity index (χ0n) is 14.0. The maximum absolute atomic E-state index is 13.9. The number of likely N-dealkylation sites (tertiary alicyclic amines) is 1. The van der Waals surface area contributed by atoms with Crippen molar-refractivity contribution < 1.29 is 18.3 Å². The Labute approximate surface area is 144 Å². The van der Waals surface area contributed by atoms with E-state index in [1.54, 1.807) is 18.0 Å². The van der Waals surface area contributed by atoms with Gasteiger partial charge >= 0.3 is 0 Å². The van der Waals surface area contributed by atoms with Crippen LogP contribution in [0.1, 0.15) is 56.2 Å². The number of ether oxygens (including phenoxy) is 1. The van der Waals surface area contributed by atoms with Crippen molar-refractivity contribution in [1.29, 1.82) is 5.26 Å².